The Labute approximate surface area is 221 Å². The zero-order valence-electron chi connectivity index (χ0n) is 22.0. The topological polar surface area (TPSA) is 117 Å². The van der Waals surface area contributed by atoms with Crippen molar-refractivity contribution in [1.29, 1.82) is 0 Å². The summed E-state index contributed by atoms with van der Waals surface area (Å²) >= 11 is 1.28. The lowest BCUT2D eigenvalue weighted by Gasteiger charge is -2.31. The van der Waals surface area contributed by atoms with E-state index in [2.05, 4.69) is 20.8 Å². The Morgan fingerprint density at radius 3 is 2.57 bits per heavy atom. The van der Waals surface area contributed by atoms with E-state index in [1.165, 1.54) is 30.0 Å². The van der Waals surface area contributed by atoms with Crippen molar-refractivity contribution in [2.75, 3.05) is 20.4 Å². The molecular weight excluding hydrogens is 497 g/mol. The smallest absolute Gasteiger partial charge is 0.276 e. The molecule has 0 radical (unpaired) electrons. The lowest BCUT2D eigenvalue weighted by Crippen LogP contribution is -2.50. The molecule has 2 N–H and O–H groups in total. The quantitative estimate of drug-likeness (QED) is 0.444. The molecule has 11 heteroatoms. The fourth-order valence-corrected chi connectivity index (χ4v) is 4.95. The zero-order valence-corrected chi connectivity index (χ0v) is 22.9. The van der Waals surface area contributed by atoms with Crippen molar-refractivity contribution in [2.45, 2.75) is 69.7 Å². The first-order valence-corrected chi connectivity index (χ1v) is 13.8. The second kappa shape index (κ2) is 13.1. The molecule has 3 rings (SSSR count). The van der Waals surface area contributed by atoms with Crippen molar-refractivity contribution >= 4 is 29.5 Å². The highest BCUT2D eigenvalue weighted by Gasteiger charge is 2.36. The van der Waals surface area contributed by atoms with Gasteiger partial charge in [0.1, 0.15) is 11.7 Å². The second-order valence-corrected chi connectivity index (χ2v) is 10.9. The standard InChI is InChI=1S/C26H36FN5O4S/c1-15(2)12-20(25-30-31-26(36-25)37-5)24(35)29-23(34)19-8-6-7-9-21(19)28-22(33)18-11-10-17(27)13-16(18)14-32(3)4/h10-11,13,15,19-21H,6-9,12,14H2,1-5H3,(H,28,33)(H,29,34,35)/t19-,20?,21+/m1/s1. The third kappa shape index (κ3) is 7.85. The van der Waals surface area contributed by atoms with Crippen LogP contribution in [0.1, 0.15) is 73.7 Å². The SMILES string of the molecule is CSc1nnc(C(CC(C)C)C(=O)NC(=O)[C@@H]2CCCC[C@@H]2NC(=O)c2ccc(F)cc2CN(C)C)o1. The Hall–Kier alpha value is -2.79. The molecule has 2 aromatic rings. The molecule has 202 valence electrons. The number of amides is 3. The zero-order chi connectivity index (χ0) is 27.1. The van der Waals surface area contributed by atoms with Crippen LogP contribution in [0.4, 0.5) is 4.39 Å². The van der Waals surface area contributed by atoms with Crippen LogP contribution < -0.4 is 10.6 Å². The molecule has 1 unspecified atom stereocenters. The number of benzene rings is 1. The maximum atomic E-state index is 13.8. The normalized spacial score (nSPS) is 18.6. The molecule has 0 spiro atoms. The van der Waals surface area contributed by atoms with Crippen LogP contribution in [-0.4, -0.2) is 59.2 Å². The number of thioether (sulfide) groups is 1. The molecule has 1 fully saturated rings. The van der Waals surface area contributed by atoms with Gasteiger partial charge in [0.2, 0.25) is 17.7 Å². The Bertz CT molecular complexity index is 1110. The largest absolute Gasteiger partial charge is 0.415 e. The number of halogens is 1. The lowest BCUT2D eigenvalue weighted by atomic mass is 9.83. The van der Waals surface area contributed by atoms with E-state index in [9.17, 15) is 18.8 Å². The molecule has 3 amide bonds. The van der Waals surface area contributed by atoms with Crippen LogP contribution in [0.25, 0.3) is 0 Å². The minimum atomic E-state index is -0.748. The molecule has 1 aliphatic carbocycles. The summed E-state index contributed by atoms with van der Waals surface area (Å²) in [6.45, 7) is 4.34. The van der Waals surface area contributed by atoms with Crippen LogP contribution in [0.2, 0.25) is 0 Å². The number of rotatable bonds is 10. The first kappa shape index (κ1) is 28.8. The van der Waals surface area contributed by atoms with Gasteiger partial charge in [0.25, 0.3) is 11.1 Å². The predicted octanol–water partition coefficient (Wildman–Crippen LogP) is 3.75. The maximum Gasteiger partial charge on any atom is 0.276 e. The van der Waals surface area contributed by atoms with E-state index in [4.69, 9.17) is 4.42 Å². The minimum Gasteiger partial charge on any atom is -0.415 e. The van der Waals surface area contributed by atoms with Gasteiger partial charge >= 0.3 is 0 Å². The summed E-state index contributed by atoms with van der Waals surface area (Å²) in [6, 6.07) is 3.64. The van der Waals surface area contributed by atoms with Gasteiger partial charge in [-0.3, -0.25) is 19.7 Å². The fourth-order valence-electron chi connectivity index (χ4n) is 4.66. The van der Waals surface area contributed by atoms with E-state index in [1.807, 2.05) is 32.8 Å². The highest BCUT2D eigenvalue weighted by molar-refractivity contribution is 7.98. The van der Waals surface area contributed by atoms with E-state index in [0.29, 0.717) is 42.2 Å². The van der Waals surface area contributed by atoms with Crippen molar-refractivity contribution < 1.29 is 23.2 Å². The van der Waals surface area contributed by atoms with E-state index >= 15 is 0 Å². The van der Waals surface area contributed by atoms with Crippen LogP contribution >= 0.6 is 11.8 Å². The third-order valence-electron chi connectivity index (χ3n) is 6.38. The highest BCUT2D eigenvalue weighted by atomic mass is 32.2. The molecule has 3 atom stereocenters. The molecule has 0 bridgehead atoms. The molecule has 1 saturated carbocycles. The summed E-state index contributed by atoms with van der Waals surface area (Å²) in [5.41, 5.74) is 0.934. The van der Waals surface area contributed by atoms with Gasteiger partial charge < -0.3 is 14.6 Å². The maximum absolute atomic E-state index is 13.8. The van der Waals surface area contributed by atoms with Gasteiger partial charge in [0.05, 0.1) is 5.92 Å². The van der Waals surface area contributed by atoms with Crippen molar-refractivity contribution in [1.82, 2.24) is 25.7 Å². The van der Waals surface area contributed by atoms with E-state index in [-0.39, 0.29) is 17.7 Å². The molecule has 1 aliphatic rings. The Morgan fingerprint density at radius 1 is 1.19 bits per heavy atom. The van der Waals surface area contributed by atoms with Crippen molar-refractivity contribution in [3.05, 3.63) is 41.0 Å². The minimum absolute atomic E-state index is 0.157. The van der Waals surface area contributed by atoms with Gasteiger partial charge in [-0.15, -0.1) is 10.2 Å². The number of imide groups is 1. The summed E-state index contributed by atoms with van der Waals surface area (Å²) < 4.78 is 19.4. The first-order valence-electron chi connectivity index (χ1n) is 12.5. The van der Waals surface area contributed by atoms with Gasteiger partial charge in [-0.25, -0.2) is 4.39 Å². The summed E-state index contributed by atoms with van der Waals surface area (Å²) in [4.78, 5) is 41.5. The Kier molecular flexibility index (Phi) is 10.2. The Balaban J connectivity index is 1.73. The third-order valence-corrected chi connectivity index (χ3v) is 6.90. The van der Waals surface area contributed by atoms with Crippen LogP contribution in [-0.2, 0) is 16.1 Å². The van der Waals surface area contributed by atoms with E-state index in [1.54, 1.807) is 6.26 Å². The van der Waals surface area contributed by atoms with Crippen LogP contribution in [0, 0.1) is 17.7 Å². The summed E-state index contributed by atoms with van der Waals surface area (Å²) in [5, 5.41) is 13.8. The molecule has 9 nitrogen and oxygen atoms in total. The molecule has 0 saturated heterocycles. The van der Waals surface area contributed by atoms with Gasteiger partial charge in [-0.2, -0.15) is 0 Å². The van der Waals surface area contributed by atoms with Crippen molar-refractivity contribution in [2.24, 2.45) is 11.8 Å². The van der Waals surface area contributed by atoms with E-state index in [0.717, 1.165) is 12.8 Å². The fraction of sp³-hybridized carbons (Fsp3) is 0.577. The molecule has 37 heavy (non-hydrogen) atoms. The number of hydrogen-bond donors (Lipinski definition) is 2. The van der Waals surface area contributed by atoms with Crippen molar-refractivity contribution in [3.8, 4) is 0 Å². The average Bonchev–Trinajstić information content (AvgIpc) is 3.31. The van der Waals surface area contributed by atoms with E-state index < -0.39 is 35.5 Å². The van der Waals surface area contributed by atoms with Gasteiger partial charge in [0, 0.05) is 18.2 Å². The highest BCUT2D eigenvalue weighted by Crippen LogP contribution is 2.28. The summed E-state index contributed by atoms with van der Waals surface area (Å²) in [7, 11) is 3.68. The predicted molar refractivity (Wildman–Crippen MR) is 138 cm³/mol. The van der Waals surface area contributed by atoms with Gasteiger partial charge in [-0.05, 0) is 69.3 Å². The molecule has 1 heterocycles. The number of hydrogen-bond acceptors (Lipinski definition) is 8. The number of carbonyl (C=O) groups is 3. The monoisotopic (exact) mass is 533 g/mol. The molecule has 1 aromatic carbocycles. The number of nitrogens with zero attached hydrogens (tertiary/aromatic N) is 3. The second-order valence-electron chi connectivity index (χ2n) is 10.2. The van der Waals surface area contributed by atoms with Crippen molar-refractivity contribution in [3.63, 3.8) is 0 Å². The molecule has 1 aromatic heterocycles. The van der Waals surface area contributed by atoms with Gasteiger partial charge in [-0.1, -0.05) is 38.5 Å². The summed E-state index contributed by atoms with van der Waals surface area (Å²) in [5.74, 6) is -2.67. The lowest BCUT2D eigenvalue weighted by molar-refractivity contribution is -0.135. The number of aromatic nitrogens is 2. The van der Waals surface area contributed by atoms with Gasteiger partial charge in [0.15, 0.2) is 0 Å². The number of nitrogens with one attached hydrogen (secondary N) is 2. The summed E-state index contributed by atoms with van der Waals surface area (Å²) in [6.07, 6.45) is 5.07. The van der Waals surface area contributed by atoms with Crippen LogP contribution in [0.5, 0.6) is 0 Å². The van der Waals surface area contributed by atoms with Crippen LogP contribution in [0.15, 0.2) is 27.8 Å². The number of carbonyl (C=O) groups excluding carboxylic acids is 3. The first-order chi connectivity index (χ1) is 17.6. The Morgan fingerprint density at radius 2 is 1.92 bits per heavy atom. The molecular formula is C26H36FN5O4S. The average molecular weight is 534 g/mol. The molecule has 0 aliphatic heterocycles. The van der Waals surface area contributed by atoms with Crippen LogP contribution in [0.3, 0.4) is 0 Å².